The van der Waals surface area contributed by atoms with E-state index in [4.69, 9.17) is 5.73 Å². The SMILES string of the molecule is NCC(CO)(Cc1cn2ccsc2n1)C1CC1. The van der Waals surface area contributed by atoms with Gasteiger partial charge in [0.15, 0.2) is 4.96 Å². The zero-order valence-corrected chi connectivity index (χ0v) is 10.5. The van der Waals surface area contributed by atoms with Crippen LogP contribution in [0.15, 0.2) is 17.8 Å². The monoisotopic (exact) mass is 251 g/mol. The molecule has 0 saturated heterocycles. The maximum atomic E-state index is 9.66. The van der Waals surface area contributed by atoms with Crippen LogP contribution in [0.2, 0.25) is 0 Å². The molecule has 3 N–H and O–H groups in total. The molecule has 2 aromatic heterocycles. The first-order chi connectivity index (χ1) is 8.27. The second-order valence-corrected chi connectivity index (χ2v) is 5.87. The van der Waals surface area contributed by atoms with E-state index in [1.165, 1.54) is 12.8 Å². The van der Waals surface area contributed by atoms with Crippen LogP contribution in [0.3, 0.4) is 0 Å². The molecule has 17 heavy (non-hydrogen) atoms. The third-order valence-electron chi connectivity index (χ3n) is 3.84. The van der Waals surface area contributed by atoms with Gasteiger partial charge in [0.25, 0.3) is 0 Å². The van der Waals surface area contributed by atoms with E-state index < -0.39 is 0 Å². The van der Waals surface area contributed by atoms with Crippen LogP contribution in [0, 0.1) is 11.3 Å². The molecule has 2 aromatic rings. The Hall–Kier alpha value is -0.910. The Kier molecular flexibility index (Phi) is 2.69. The van der Waals surface area contributed by atoms with E-state index in [1.807, 2.05) is 22.2 Å². The summed E-state index contributed by atoms with van der Waals surface area (Å²) in [4.78, 5) is 5.59. The van der Waals surface area contributed by atoms with Crippen LogP contribution in [0.4, 0.5) is 0 Å². The Balaban J connectivity index is 1.86. The predicted octanol–water partition coefficient (Wildman–Crippen LogP) is 1.29. The highest BCUT2D eigenvalue weighted by molar-refractivity contribution is 7.15. The molecule has 5 heteroatoms. The van der Waals surface area contributed by atoms with Gasteiger partial charge >= 0.3 is 0 Å². The van der Waals surface area contributed by atoms with Crippen molar-refractivity contribution in [3.05, 3.63) is 23.5 Å². The number of nitrogens with two attached hydrogens (primary N) is 1. The van der Waals surface area contributed by atoms with Crippen LogP contribution in [0.25, 0.3) is 4.96 Å². The summed E-state index contributed by atoms with van der Waals surface area (Å²) in [6.07, 6.45) is 7.24. The van der Waals surface area contributed by atoms with Crippen LogP contribution in [0.5, 0.6) is 0 Å². The fraction of sp³-hybridized carbons (Fsp3) is 0.583. The lowest BCUT2D eigenvalue weighted by molar-refractivity contribution is 0.108. The largest absolute Gasteiger partial charge is 0.396 e. The minimum Gasteiger partial charge on any atom is -0.396 e. The molecular weight excluding hydrogens is 234 g/mol. The van der Waals surface area contributed by atoms with Crippen LogP contribution >= 0.6 is 11.3 Å². The van der Waals surface area contributed by atoms with Crippen molar-refractivity contribution in [3.8, 4) is 0 Å². The van der Waals surface area contributed by atoms with Crippen molar-refractivity contribution in [2.75, 3.05) is 13.2 Å². The van der Waals surface area contributed by atoms with E-state index in [1.54, 1.807) is 11.3 Å². The maximum absolute atomic E-state index is 9.66. The summed E-state index contributed by atoms with van der Waals surface area (Å²) in [5, 5.41) is 11.7. The summed E-state index contributed by atoms with van der Waals surface area (Å²) in [6.45, 7) is 0.707. The van der Waals surface area contributed by atoms with Crippen molar-refractivity contribution in [2.45, 2.75) is 19.3 Å². The lowest BCUT2D eigenvalue weighted by Gasteiger charge is -2.29. The first-order valence-corrected chi connectivity index (χ1v) is 6.87. The second kappa shape index (κ2) is 4.08. The number of aliphatic hydroxyl groups excluding tert-OH is 1. The summed E-state index contributed by atoms with van der Waals surface area (Å²) in [5.41, 5.74) is 6.78. The van der Waals surface area contributed by atoms with Gasteiger partial charge in [-0.1, -0.05) is 0 Å². The number of fused-ring (bicyclic) bond motifs is 1. The summed E-state index contributed by atoms with van der Waals surface area (Å²) in [7, 11) is 0. The Bertz CT molecular complexity index is 482. The zero-order chi connectivity index (χ0) is 11.9. The van der Waals surface area contributed by atoms with Crippen LogP contribution in [0.1, 0.15) is 18.5 Å². The van der Waals surface area contributed by atoms with E-state index in [2.05, 4.69) is 4.98 Å². The smallest absolute Gasteiger partial charge is 0.193 e. The van der Waals surface area contributed by atoms with Crippen LogP contribution < -0.4 is 5.73 Å². The van der Waals surface area contributed by atoms with Gasteiger partial charge in [0, 0.05) is 36.2 Å². The molecule has 0 spiro atoms. The first-order valence-electron chi connectivity index (χ1n) is 5.99. The molecule has 3 rings (SSSR count). The Morgan fingerprint density at radius 2 is 2.41 bits per heavy atom. The van der Waals surface area contributed by atoms with Gasteiger partial charge in [-0.05, 0) is 18.8 Å². The number of nitrogens with zero attached hydrogens (tertiary/aromatic N) is 2. The molecular formula is C12H17N3OS. The minimum absolute atomic E-state index is 0.149. The number of hydrogen-bond donors (Lipinski definition) is 2. The van der Waals surface area contributed by atoms with Gasteiger partial charge in [-0.3, -0.25) is 4.40 Å². The molecule has 0 aromatic carbocycles. The van der Waals surface area contributed by atoms with Crippen LogP contribution in [-0.2, 0) is 6.42 Å². The standard InChI is InChI=1S/C12H17N3OS/c13-7-12(8-16,9-1-2-9)5-10-6-15-3-4-17-11(15)14-10/h3-4,6,9,16H,1-2,5,7-8,13H2. The molecule has 1 aliphatic rings. The molecule has 1 aliphatic carbocycles. The molecule has 1 saturated carbocycles. The van der Waals surface area contributed by atoms with Crippen molar-refractivity contribution in [2.24, 2.45) is 17.1 Å². The van der Waals surface area contributed by atoms with Crippen molar-refractivity contribution in [1.82, 2.24) is 9.38 Å². The third-order valence-corrected chi connectivity index (χ3v) is 4.61. The summed E-state index contributed by atoms with van der Waals surface area (Å²) >= 11 is 1.63. The van der Waals surface area contributed by atoms with Gasteiger partial charge < -0.3 is 10.8 Å². The Morgan fingerprint density at radius 3 is 3.00 bits per heavy atom. The molecule has 1 atom stereocenters. The lowest BCUT2D eigenvalue weighted by atomic mass is 9.79. The Labute approximate surface area is 104 Å². The quantitative estimate of drug-likeness (QED) is 0.841. The van der Waals surface area contributed by atoms with Gasteiger partial charge in [-0.15, -0.1) is 11.3 Å². The number of aromatic nitrogens is 2. The van der Waals surface area contributed by atoms with Gasteiger partial charge in [0.1, 0.15) is 0 Å². The molecule has 1 fully saturated rings. The van der Waals surface area contributed by atoms with Gasteiger partial charge in [-0.25, -0.2) is 4.98 Å². The van der Waals surface area contributed by atoms with E-state index in [9.17, 15) is 5.11 Å². The molecule has 92 valence electrons. The van der Waals surface area contributed by atoms with Crippen molar-refractivity contribution in [1.29, 1.82) is 0 Å². The molecule has 4 nitrogen and oxygen atoms in total. The Morgan fingerprint density at radius 1 is 1.59 bits per heavy atom. The highest BCUT2D eigenvalue weighted by Crippen LogP contribution is 2.46. The first kappa shape index (κ1) is 11.2. The summed E-state index contributed by atoms with van der Waals surface area (Å²) < 4.78 is 2.03. The molecule has 0 bridgehead atoms. The average Bonchev–Trinajstić information content (AvgIpc) is 2.99. The summed E-state index contributed by atoms with van der Waals surface area (Å²) in [5.74, 6) is 0.581. The third kappa shape index (κ3) is 1.88. The van der Waals surface area contributed by atoms with E-state index in [0.29, 0.717) is 12.5 Å². The van der Waals surface area contributed by atoms with Crippen molar-refractivity contribution >= 4 is 16.3 Å². The average molecular weight is 251 g/mol. The predicted molar refractivity (Wildman–Crippen MR) is 68.1 cm³/mol. The van der Waals surface area contributed by atoms with Gasteiger partial charge in [0.2, 0.25) is 0 Å². The van der Waals surface area contributed by atoms with E-state index in [-0.39, 0.29) is 12.0 Å². The number of rotatable bonds is 5. The minimum atomic E-state index is -0.149. The van der Waals surface area contributed by atoms with Crippen LogP contribution in [-0.4, -0.2) is 27.6 Å². The molecule has 1 unspecified atom stereocenters. The fourth-order valence-electron chi connectivity index (χ4n) is 2.55. The number of aliphatic hydroxyl groups is 1. The number of thiazole rings is 1. The molecule has 0 amide bonds. The van der Waals surface area contributed by atoms with E-state index in [0.717, 1.165) is 17.1 Å². The normalized spacial score (nSPS) is 19.6. The fourth-order valence-corrected chi connectivity index (χ4v) is 3.27. The topological polar surface area (TPSA) is 63.5 Å². The van der Waals surface area contributed by atoms with E-state index >= 15 is 0 Å². The number of imidazole rings is 1. The highest BCUT2D eigenvalue weighted by atomic mass is 32.1. The number of hydrogen-bond acceptors (Lipinski definition) is 4. The van der Waals surface area contributed by atoms with Gasteiger partial charge in [-0.2, -0.15) is 0 Å². The lowest BCUT2D eigenvalue weighted by Crippen LogP contribution is -2.38. The molecule has 2 heterocycles. The second-order valence-electron chi connectivity index (χ2n) is 5.00. The molecule has 0 aliphatic heterocycles. The van der Waals surface area contributed by atoms with Crippen molar-refractivity contribution < 1.29 is 5.11 Å². The highest BCUT2D eigenvalue weighted by Gasteiger charge is 2.44. The summed E-state index contributed by atoms with van der Waals surface area (Å²) in [6, 6.07) is 0. The molecule has 0 radical (unpaired) electrons. The van der Waals surface area contributed by atoms with Crippen molar-refractivity contribution in [3.63, 3.8) is 0 Å². The van der Waals surface area contributed by atoms with Gasteiger partial charge in [0.05, 0.1) is 12.3 Å². The zero-order valence-electron chi connectivity index (χ0n) is 9.67. The maximum Gasteiger partial charge on any atom is 0.193 e.